The van der Waals surface area contributed by atoms with E-state index in [4.69, 9.17) is 0 Å². The first kappa shape index (κ1) is 7.56. The first-order valence-corrected chi connectivity index (χ1v) is 4.80. The Bertz CT molecular complexity index is 423. The van der Waals surface area contributed by atoms with Crippen molar-refractivity contribution in [1.82, 2.24) is 0 Å². The molecule has 0 unspecified atom stereocenters. The van der Waals surface area contributed by atoms with E-state index < -0.39 is 0 Å². The fraction of sp³-hybridized carbons (Fsp3) is 0.0909. The van der Waals surface area contributed by atoms with Gasteiger partial charge in [-0.05, 0) is 34.9 Å². The SMILES string of the molecule is C=Cc1ccc(C)c2ccsc12. The summed E-state index contributed by atoms with van der Waals surface area (Å²) in [6, 6.07) is 6.44. The normalized spacial score (nSPS) is 10.4. The third-order valence-corrected chi connectivity index (χ3v) is 3.05. The van der Waals surface area contributed by atoms with Crippen molar-refractivity contribution in [1.29, 1.82) is 0 Å². The van der Waals surface area contributed by atoms with Gasteiger partial charge in [0, 0.05) is 4.70 Å². The molecular formula is C11H10S. The smallest absolute Gasteiger partial charge is 0.0417 e. The van der Waals surface area contributed by atoms with Gasteiger partial charge < -0.3 is 0 Å². The Balaban J connectivity index is 2.91. The summed E-state index contributed by atoms with van der Waals surface area (Å²) in [6.45, 7) is 5.94. The van der Waals surface area contributed by atoms with Gasteiger partial charge >= 0.3 is 0 Å². The van der Waals surface area contributed by atoms with Crippen LogP contribution in [0.1, 0.15) is 11.1 Å². The summed E-state index contributed by atoms with van der Waals surface area (Å²) in [5, 5.41) is 3.49. The number of aryl methyl sites for hydroxylation is 1. The molecule has 2 rings (SSSR count). The highest BCUT2D eigenvalue weighted by atomic mass is 32.1. The van der Waals surface area contributed by atoms with Gasteiger partial charge in [-0.15, -0.1) is 11.3 Å². The summed E-state index contributed by atoms with van der Waals surface area (Å²) in [7, 11) is 0. The maximum absolute atomic E-state index is 3.80. The predicted molar refractivity (Wildman–Crippen MR) is 56.7 cm³/mol. The minimum absolute atomic E-state index is 1.24. The molecular weight excluding hydrogens is 164 g/mol. The number of fused-ring (bicyclic) bond motifs is 1. The molecule has 0 aliphatic carbocycles. The van der Waals surface area contributed by atoms with Gasteiger partial charge in [-0.2, -0.15) is 0 Å². The Morgan fingerprint density at radius 2 is 2.17 bits per heavy atom. The monoisotopic (exact) mass is 174 g/mol. The van der Waals surface area contributed by atoms with Gasteiger partial charge in [0.2, 0.25) is 0 Å². The summed E-state index contributed by atoms with van der Waals surface area (Å²) in [6.07, 6.45) is 1.91. The second-order valence-electron chi connectivity index (χ2n) is 2.84. The molecule has 0 N–H and O–H groups in total. The molecule has 12 heavy (non-hydrogen) atoms. The van der Waals surface area contributed by atoms with Crippen LogP contribution < -0.4 is 0 Å². The van der Waals surface area contributed by atoms with Crippen LogP contribution in [0.3, 0.4) is 0 Å². The van der Waals surface area contributed by atoms with E-state index in [1.54, 1.807) is 11.3 Å². The Hall–Kier alpha value is -1.08. The first-order valence-electron chi connectivity index (χ1n) is 3.92. The Kier molecular flexibility index (Phi) is 1.74. The third kappa shape index (κ3) is 0.978. The second kappa shape index (κ2) is 2.76. The third-order valence-electron chi connectivity index (χ3n) is 2.09. The van der Waals surface area contributed by atoms with Gasteiger partial charge in [0.25, 0.3) is 0 Å². The predicted octanol–water partition coefficient (Wildman–Crippen LogP) is 3.85. The molecule has 0 nitrogen and oxygen atoms in total. The standard InChI is InChI=1S/C11H10S/c1-3-9-5-4-8(2)10-6-7-12-11(9)10/h3-7H,1H2,2H3. The lowest BCUT2D eigenvalue weighted by Gasteiger charge is -1.98. The lowest BCUT2D eigenvalue weighted by molar-refractivity contribution is 1.54. The Morgan fingerprint density at radius 1 is 1.33 bits per heavy atom. The highest BCUT2D eigenvalue weighted by Crippen LogP contribution is 2.28. The van der Waals surface area contributed by atoms with E-state index in [1.807, 2.05) is 6.08 Å². The molecule has 0 fully saturated rings. The molecule has 1 heteroatoms. The van der Waals surface area contributed by atoms with E-state index in [-0.39, 0.29) is 0 Å². The van der Waals surface area contributed by atoms with Crippen molar-refractivity contribution in [2.75, 3.05) is 0 Å². The van der Waals surface area contributed by atoms with Crippen molar-refractivity contribution in [2.24, 2.45) is 0 Å². The molecule has 2 aromatic rings. The first-order chi connectivity index (χ1) is 5.83. The molecule has 0 aliphatic rings. The molecule has 1 aromatic heterocycles. The molecule has 0 amide bonds. The summed E-state index contributed by atoms with van der Waals surface area (Å²) < 4.78 is 1.35. The van der Waals surface area contributed by atoms with Gasteiger partial charge in [-0.25, -0.2) is 0 Å². The fourth-order valence-electron chi connectivity index (χ4n) is 1.38. The molecule has 0 saturated carbocycles. The maximum atomic E-state index is 3.80. The molecule has 0 radical (unpaired) electrons. The van der Waals surface area contributed by atoms with Gasteiger partial charge in [-0.1, -0.05) is 24.8 Å². The summed E-state index contributed by atoms with van der Waals surface area (Å²) >= 11 is 1.78. The van der Waals surface area contributed by atoms with Crippen LogP contribution in [0.2, 0.25) is 0 Å². The average Bonchev–Trinajstić information content (AvgIpc) is 2.54. The van der Waals surface area contributed by atoms with Crippen molar-refractivity contribution < 1.29 is 0 Å². The van der Waals surface area contributed by atoms with Crippen LogP contribution in [-0.2, 0) is 0 Å². The van der Waals surface area contributed by atoms with Crippen molar-refractivity contribution in [3.63, 3.8) is 0 Å². The minimum atomic E-state index is 1.24. The molecule has 60 valence electrons. The summed E-state index contributed by atoms with van der Waals surface area (Å²) in [5.74, 6) is 0. The van der Waals surface area contributed by atoms with E-state index in [9.17, 15) is 0 Å². The van der Waals surface area contributed by atoms with Crippen LogP contribution in [0.15, 0.2) is 30.2 Å². The van der Waals surface area contributed by atoms with E-state index in [0.717, 1.165) is 0 Å². The van der Waals surface area contributed by atoms with Gasteiger partial charge in [0.1, 0.15) is 0 Å². The van der Waals surface area contributed by atoms with Crippen LogP contribution in [0, 0.1) is 6.92 Å². The number of rotatable bonds is 1. The van der Waals surface area contributed by atoms with E-state index in [1.165, 1.54) is 21.2 Å². The Labute approximate surface area is 76.2 Å². The van der Waals surface area contributed by atoms with Gasteiger partial charge in [-0.3, -0.25) is 0 Å². The zero-order chi connectivity index (χ0) is 8.55. The van der Waals surface area contributed by atoms with Crippen LogP contribution in [0.25, 0.3) is 16.2 Å². The van der Waals surface area contributed by atoms with Crippen molar-refractivity contribution in [3.8, 4) is 0 Å². The van der Waals surface area contributed by atoms with E-state index in [2.05, 4.69) is 37.1 Å². The van der Waals surface area contributed by atoms with Crippen LogP contribution in [0.5, 0.6) is 0 Å². The highest BCUT2D eigenvalue weighted by Gasteiger charge is 2.00. The average molecular weight is 174 g/mol. The second-order valence-corrected chi connectivity index (χ2v) is 3.76. The van der Waals surface area contributed by atoms with E-state index in [0.29, 0.717) is 0 Å². The zero-order valence-electron chi connectivity index (χ0n) is 7.00. The van der Waals surface area contributed by atoms with Crippen LogP contribution >= 0.6 is 11.3 Å². The molecule has 0 atom stereocenters. The van der Waals surface area contributed by atoms with Crippen molar-refractivity contribution in [3.05, 3.63) is 41.3 Å². The highest BCUT2D eigenvalue weighted by molar-refractivity contribution is 7.17. The van der Waals surface area contributed by atoms with Gasteiger partial charge in [0.05, 0.1) is 0 Å². The van der Waals surface area contributed by atoms with Crippen LogP contribution in [-0.4, -0.2) is 0 Å². The number of hydrogen-bond donors (Lipinski definition) is 0. The number of thiophene rings is 1. The summed E-state index contributed by atoms with van der Waals surface area (Å²) in [4.78, 5) is 0. The lowest BCUT2D eigenvalue weighted by Crippen LogP contribution is -1.75. The molecule has 0 saturated heterocycles. The van der Waals surface area contributed by atoms with E-state index >= 15 is 0 Å². The summed E-state index contributed by atoms with van der Waals surface area (Å²) in [5.41, 5.74) is 2.59. The molecule has 0 spiro atoms. The molecule has 0 aliphatic heterocycles. The number of benzene rings is 1. The van der Waals surface area contributed by atoms with Crippen molar-refractivity contribution >= 4 is 27.5 Å². The fourth-order valence-corrected chi connectivity index (χ4v) is 2.37. The molecule has 1 heterocycles. The maximum Gasteiger partial charge on any atom is 0.0417 e. The lowest BCUT2D eigenvalue weighted by atomic mass is 10.1. The quantitative estimate of drug-likeness (QED) is 0.616. The molecule has 1 aromatic carbocycles. The van der Waals surface area contributed by atoms with Crippen LogP contribution in [0.4, 0.5) is 0 Å². The van der Waals surface area contributed by atoms with Gasteiger partial charge in [0.15, 0.2) is 0 Å². The minimum Gasteiger partial charge on any atom is -0.143 e. The topological polar surface area (TPSA) is 0 Å². The molecule has 0 bridgehead atoms. The zero-order valence-corrected chi connectivity index (χ0v) is 7.82. The number of hydrogen-bond acceptors (Lipinski definition) is 1. The Morgan fingerprint density at radius 3 is 2.92 bits per heavy atom. The largest absolute Gasteiger partial charge is 0.143 e. The van der Waals surface area contributed by atoms with Crippen molar-refractivity contribution in [2.45, 2.75) is 6.92 Å².